The average molecular weight is 380 g/mol. The molecule has 144 valence electrons. The van der Waals surface area contributed by atoms with E-state index < -0.39 is 23.9 Å². The Balaban J connectivity index is 1.70. The van der Waals surface area contributed by atoms with Crippen LogP contribution in [0.25, 0.3) is 5.57 Å². The number of allylic oxidation sites excluding steroid dienone is 2. The molecular formula is C19H19F3N2O3. The molecule has 2 heterocycles. The molecule has 0 aromatic heterocycles. The maximum absolute atomic E-state index is 13.7. The zero-order valence-corrected chi connectivity index (χ0v) is 14.7. The quantitative estimate of drug-likeness (QED) is 0.840. The summed E-state index contributed by atoms with van der Waals surface area (Å²) in [6.45, 7) is 2.87. The van der Waals surface area contributed by atoms with Gasteiger partial charge >= 0.3 is 12.3 Å². The molecule has 0 saturated carbocycles. The van der Waals surface area contributed by atoms with E-state index in [1.54, 1.807) is 13.0 Å². The number of hydrogen-bond donors (Lipinski definition) is 1. The predicted octanol–water partition coefficient (Wildman–Crippen LogP) is 4.12. The summed E-state index contributed by atoms with van der Waals surface area (Å²) in [6, 6.07) is 4.17. The van der Waals surface area contributed by atoms with Gasteiger partial charge in [-0.05, 0) is 48.8 Å². The number of nitrogens with zero attached hydrogens (tertiary/aromatic N) is 1. The maximum atomic E-state index is 13.7. The van der Waals surface area contributed by atoms with Gasteiger partial charge in [0.2, 0.25) is 0 Å². The molecule has 1 aliphatic carbocycles. The minimum absolute atomic E-state index is 0.0186. The van der Waals surface area contributed by atoms with Crippen molar-refractivity contribution in [3.63, 3.8) is 0 Å². The molecule has 1 fully saturated rings. The highest BCUT2D eigenvalue weighted by molar-refractivity contribution is 6.06. The standard InChI is InChI=1S/C19H19F3N2O3/c1-11-16(23-24-17(25)27-11)12-2-3-14(15(8-12)19(20,21)22)13-9-18(10-13)4-6-26-7-5-18/h2-3,8-9,11H,4-7,10H2,1H3,(H,24,25)/t11-/m0/s1. The molecule has 1 spiro atoms. The van der Waals surface area contributed by atoms with Crippen molar-refractivity contribution < 1.29 is 27.4 Å². The van der Waals surface area contributed by atoms with E-state index in [4.69, 9.17) is 9.47 Å². The van der Waals surface area contributed by atoms with E-state index in [0.29, 0.717) is 19.6 Å². The Bertz CT molecular complexity index is 839. The fraction of sp³-hybridized carbons (Fsp3) is 0.474. The number of nitrogens with one attached hydrogen (secondary N) is 1. The van der Waals surface area contributed by atoms with Crippen LogP contribution < -0.4 is 5.43 Å². The molecule has 4 rings (SSSR count). The Morgan fingerprint density at radius 1 is 1.26 bits per heavy atom. The second-order valence-corrected chi connectivity index (χ2v) is 7.24. The van der Waals surface area contributed by atoms with Gasteiger partial charge in [-0.15, -0.1) is 0 Å². The zero-order chi connectivity index (χ0) is 19.2. The summed E-state index contributed by atoms with van der Waals surface area (Å²) >= 11 is 0. The van der Waals surface area contributed by atoms with Crippen LogP contribution in [-0.2, 0) is 15.7 Å². The Labute approximate surface area is 154 Å². The minimum atomic E-state index is -4.49. The molecule has 0 radical (unpaired) electrons. The van der Waals surface area contributed by atoms with Gasteiger partial charge in [-0.2, -0.15) is 18.3 Å². The first-order valence-corrected chi connectivity index (χ1v) is 8.83. The number of ether oxygens (including phenoxy) is 2. The summed E-state index contributed by atoms with van der Waals surface area (Å²) in [7, 11) is 0. The summed E-state index contributed by atoms with van der Waals surface area (Å²) in [5, 5.41) is 3.86. The highest BCUT2D eigenvalue weighted by Gasteiger charge is 2.42. The lowest BCUT2D eigenvalue weighted by Gasteiger charge is -2.43. The van der Waals surface area contributed by atoms with Gasteiger partial charge in [0.15, 0.2) is 0 Å². The molecule has 1 N–H and O–H groups in total. The summed E-state index contributed by atoms with van der Waals surface area (Å²) < 4.78 is 51.5. The largest absolute Gasteiger partial charge is 0.439 e. The first-order chi connectivity index (χ1) is 12.8. The molecule has 27 heavy (non-hydrogen) atoms. The van der Waals surface area contributed by atoms with E-state index in [1.807, 2.05) is 6.08 Å². The van der Waals surface area contributed by atoms with Crippen LogP contribution in [0.3, 0.4) is 0 Å². The number of carbonyl (C=O) groups is 1. The van der Waals surface area contributed by atoms with Crippen molar-refractivity contribution in [3.05, 3.63) is 41.0 Å². The first-order valence-electron chi connectivity index (χ1n) is 8.83. The monoisotopic (exact) mass is 380 g/mol. The number of amides is 1. The van der Waals surface area contributed by atoms with Crippen LogP contribution in [0.4, 0.5) is 18.0 Å². The maximum Gasteiger partial charge on any atom is 0.428 e. The third-order valence-electron chi connectivity index (χ3n) is 5.41. The molecule has 0 bridgehead atoms. The Hall–Kier alpha value is -2.35. The molecule has 3 aliphatic rings. The molecule has 0 unspecified atom stereocenters. The zero-order valence-electron chi connectivity index (χ0n) is 14.7. The van der Waals surface area contributed by atoms with Crippen molar-refractivity contribution >= 4 is 17.4 Å². The third kappa shape index (κ3) is 3.34. The number of halogens is 3. The van der Waals surface area contributed by atoms with E-state index in [1.165, 1.54) is 6.07 Å². The van der Waals surface area contributed by atoms with Crippen LogP contribution >= 0.6 is 0 Å². The SMILES string of the molecule is C[C@@H]1OC(=O)NN=C1c1ccc(C2=CC3(CCOCC3)C2)c(C(F)(F)F)c1. The molecule has 8 heteroatoms. The van der Waals surface area contributed by atoms with Gasteiger partial charge in [-0.1, -0.05) is 18.2 Å². The minimum Gasteiger partial charge on any atom is -0.439 e. The van der Waals surface area contributed by atoms with Crippen LogP contribution in [0.2, 0.25) is 0 Å². The second-order valence-electron chi connectivity index (χ2n) is 7.24. The highest BCUT2D eigenvalue weighted by atomic mass is 19.4. The number of carbonyl (C=O) groups excluding carboxylic acids is 1. The molecule has 2 aliphatic heterocycles. The van der Waals surface area contributed by atoms with Crippen molar-refractivity contribution in [1.82, 2.24) is 5.43 Å². The lowest BCUT2D eigenvalue weighted by molar-refractivity contribution is -0.137. The van der Waals surface area contributed by atoms with Gasteiger partial charge in [0.25, 0.3) is 0 Å². The van der Waals surface area contributed by atoms with E-state index in [0.717, 1.165) is 24.5 Å². The van der Waals surface area contributed by atoms with Crippen LogP contribution in [0.15, 0.2) is 29.4 Å². The lowest BCUT2D eigenvalue weighted by atomic mass is 9.64. The average Bonchev–Trinajstić information content (AvgIpc) is 2.59. The van der Waals surface area contributed by atoms with Crippen LogP contribution in [-0.4, -0.2) is 31.1 Å². The molecule has 5 nitrogen and oxygen atoms in total. The van der Waals surface area contributed by atoms with E-state index >= 15 is 0 Å². The van der Waals surface area contributed by atoms with Crippen molar-refractivity contribution in [2.75, 3.05) is 13.2 Å². The molecular weight excluding hydrogens is 361 g/mol. The van der Waals surface area contributed by atoms with E-state index in [9.17, 15) is 18.0 Å². The highest BCUT2D eigenvalue weighted by Crippen LogP contribution is 2.52. The fourth-order valence-electron chi connectivity index (χ4n) is 3.95. The number of cyclic esters (lactones) is 1. The Morgan fingerprint density at radius 3 is 2.59 bits per heavy atom. The number of hydrazone groups is 1. The Kier molecular flexibility index (Phi) is 4.25. The first kappa shape index (κ1) is 18.0. The van der Waals surface area contributed by atoms with Crippen molar-refractivity contribution in [3.8, 4) is 0 Å². The summed E-state index contributed by atoms with van der Waals surface area (Å²) in [6.07, 6.45) is -1.63. The summed E-state index contributed by atoms with van der Waals surface area (Å²) in [5.41, 5.74) is 2.89. The van der Waals surface area contributed by atoms with Gasteiger partial charge in [-0.25, -0.2) is 10.2 Å². The molecule has 1 saturated heterocycles. The van der Waals surface area contributed by atoms with Gasteiger partial charge in [-0.3, -0.25) is 0 Å². The van der Waals surface area contributed by atoms with Gasteiger partial charge in [0.05, 0.1) is 5.56 Å². The lowest BCUT2D eigenvalue weighted by Crippen LogP contribution is -2.37. The summed E-state index contributed by atoms with van der Waals surface area (Å²) in [5.74, 6) is 0. The topological polar surface area (TPSA) is 59.9 Å². The van der Waals surface area contributed by atoms with Gasteiger partial charge < -0.3 is 9.47 Å². The number of hydrogen-bond acceptors (Lipinski definition) is 4. The smallest absolute Gasteiger partial charge is 0.428 e. The van der Waals surface area contributed by atoms with Crippen molar-refractivity contribution in [2.24, 2.45) is 10.5 Å². The van der Waals surface area contributed by atoms with Gasteiger partial charge in [0, 0.05) is 18.8 Å². The molecule has 1 aromatic rings. The number of rotatable bonds is 2. The number of alkyl halides is 3. The van der Waals surface area contributed by atoms with E-state index in [-0.39, 0.29) is 22.3 Å². The predicted molar refractivity (Wildman–Crippen MR) is 92.1 cm³/mol. The van der Waals surface area contributed by atoms with Crippen molar-refractivity contribution in [1.29, 1.82) is 0 Å². The van der Waals surface area contributed by atoms with Crippen LogP contribution in [0.1, 0.15) is 42.9 Å². The normalized spacial score (nSPS) is 24.4. The molecule has 1 amide bonds. The fourth-order valence-corrected chi connectivity index (χ4v) is 3.95. The number of benzene rings is 1. The Morgan fingerprint density at radius 2 is 1.96 bits per heavy atom. The van der Waals surface area contributed by atoms with Gasteiger partial charge in [0.1, 0.15) is 11.8 Å². The third-order valence-corrected chi connectivity index (χ3v) is 5.41. The van der Waals surface area contributed by atoms with Crippen LogP contribution in [0.5, 0.6) is 0 Å². The second kappa shape index (κ2) is 6.37. The summed E-state index contributed by atoms with van der Waals surface area (Å²) in [4.78, 5) is 11.2. The molecule has 1 aromatic carbocycles. The van der Waals surface area contributed by atoms with E-state index in [2.05, 4.69) is 10.5 Å². The van der Waals surface area contributed by atoms with Crippen LogP contribution in [0, 0.1) is 5.41 Å². The van der Waals surface area contributed by atoms with Crippen molar-refractivity contribution in [2.45, 2.75) is 38.5 Å². The molecule has 1 atom stereocenters.